The van der Waals surface area contributed by atoms with Crippen molar-refractivity contribution in [3.05, 3.63) is 65.2 Å². The predicted molar refractivity (Wildman–Crippen MR) is 109 cm³/mol. The highest BCUT2D eigenvalue weighted by Gasteiger charge is 2.35. The van der Waals surface area contributed by atoms with Crippen molar-refractivity contribution >= 4 is 5.91 Å². The third-order valence-electron chi connectivity index (χ3n) is 5.54. The SMILES string of the molecule is COc1ccc(CC(=O)NC2(Cc3ccc(C)cc3)CCN(C)CC2)cc1. The Morgan fingerprint density at radius 1 is 1.04 bits per heavy atom. The number of benzene rings is 2. The van der Waals surface area contributed by atoms with Crippen molar-refractivity contribution in [1.29, 1.82) is 0 Å². The Hall–Kier alpha value is -2.33. The van der Waals surface area contributed by atoms with E-state index in [4.69, 9.17) is 4.74 Å². The zero-order chi connectivity index (χ0) is 19.3. The summed E-state index contributed by atoms with van der Waals surface area (Å²) in [7, 11) is 3.80. The van der Waals surface area contributed by atoms with E-state index in [-0.39, 0.29) is 11.4 Å². The molecule has 2 aromatic carbocycles. The molecule has 0 spiro atoms. The smallest absolute Gasteiger partial charge is 0.224 e. The van der Waals surface area contributed by atoms with E-state index in [2.05, 4.69) is 48.5 Å². The van der Waals surface area contributed by atoms with Crippen LogP contribution in [0, 0.1) is 6.92 Å². The van der Waals surface area contributed by atoms with Crippen LogP contribution in [0.1, 0.15) is 29.5 Å². The van der Waals surface area contributed by atoms with Crippen LogP contribution in [0.2, 0.25) is 0 Å². The molecule has 1 amide bonds. The van der Waals surface area contributed by atoms with Gasteiger partial charge in [0.2, 0.25) is 5.91 Å². The lowest BCUT2D eigenvalue weighted by Crippen LogP contribution is -2.56. The lowest BCUT2D eigenvalue weighted by Gasteiger charge is -2.41. The number of likely N-dealkylation sites (tertiary alicyclic amines) is 1. The number of hydrogen-bond donors (Lipinski definition) is 1. The second-order valence-corrected chi connectivity index (χ2v) is 7.82. The van der Waals surface area contributed by atoms with Gasteiger partial charge in [-0.1, -0.05) is 42.0 Å². The van der Waals surface area contributed by atoms with E-state index in [1.165, 1.54) is 11.1 Å². The Bertz CT molecular complexity index is 745. The zero-order valence-electron chi connectivity index (χ0n) is 16.6. The van der Waals surface area contributed by atoms with Crippen LogP contribution in [-0.4, -0.2) is 43.6 Å². The number of nitrogens with zero attached hydrogens (tertiary/aromatic N) is 1. The van der Waals surface area contributed by atoms with Gasteiger partial charge < -0.3 is 15.0 Å². The second-order valence-electron chi connectivity index (χ2n) is 7.82. The number of hydrogen-bond acceptors (Lipinski definition) is 3. The highest BCUT2D eigenvalue weighted by molar-refractivity contribution is 5.79. The maximum atomic E-state index is 12.8. The van der Waals surface area contributed by atoms with Crippen molar-refractivity contribution in [1.82, 2.24) is 10.2 Å². The first-order valence-electron chi connectivity index (χ1n) is 9.66. The van der Waals surface area contributed by atoms with Gasteiger partial charge in [-0.25, -0.2) is 0 Å². The number of carbonyl (C=O) groups excluding carboxylic acids is 1. The summed E-state index contributed by atoms with van der Waals surface area (Å²) < 4.78 is 5.19. The summed E-state index contributed by atoms with van der Waals surface area (Å²) in [6, 6.07) is 16.4. The van der Waals surface area contributed by atoms with Gasteiger partial charge in [-0.3, -0.25) is 4.79 Å². The van der Waals surface area contributed by atoms with Gasteiger partial charge in [-0.15, -0.1) is 0 Å². The van der Waals surface area contributed by atoms with Crippen LogP contribution >= 0.6 is 0 Å². The van der Waals surface area contributed by atoms with Crippen LogP contribution in [-0.2, 0) is 17.6 Å². The fourth-order valence-electron chi connectivity index (χ4n) is 3.76. The maximum Gasteiger partial charge on any atom is 0.224 e. The summed E-state index contributed by atoms with van der Waals surface area (Å²) in [5, 5.41) is 3.40. The largest absolute Gasteiger partial charge is 0.497 e. The number of carbonyl (C=O) groups is 1. The van der Waals surface area contributed by atoms with Crippen LogP contribution in [0.15, 0.2) is 48.5 Å². The number of methoxy groups -OCH3 is 1. The van der Waals surface area contributed by atoms with Crippen LogP contribution < -0.4 is 10.1 Å². The Labute approximate surface area is 162 Å². The Kier molecular flexibility index (Phi) is 6.17. The lowest BCUT2D eigenvalue weighted by atomic mass is 9.81. The van der Waals surface area contributed by atoms with Crippen molar-refractivity contribution in [2.24, 2.45) is 0 Å². The van der Waals surface area contributed by atoms with E-state index in [9.17, 15) is 4.79 Å². The van der Waals surface area contributed by atoms with Gasteiger partial charge in [0.25, 0.3) is 0 Å². The predicted octanol–water partition coefficient (Wildman–Crippen LogP) is 3.37. The molecule has 0 aromatic heterocycles. The molecule has 1 N–H and O–H groups in total. The molecule has 1 heterocycles. The average molecular weight is 367 g/mol. The molecule has 1 fully saturated rings. The highest BCUT2D eigenvalue weighted by atomic mass is 16.5. The number of ether oxygens (including phenoxy) is 1. The molecule has 1 saturated heterocycles. The highest BCUT2D eigenvalue weighted by Crippen LogP contribution is 2.27. The molecule has 1 aliphatic heterocycles. The fraction of sp³-hybridized carbons (Fsp3) is 0.435. The fourth-order valence-corrected chi connectivity index (χ4v) is 3.76. The third-order valence-corrected chi connectivity index (χ3v) is 5.54. The van der Waals surface area contributed by atoms with Gasteiger partial charge in [-0.05, 0) is 56.5 Å². The average Bonchev–Trinajstić information content (AvgIpc) is 2.67. The minimum atomic E-state index is -0.161. The zero-order valence-corrected chi connectivity index (χ0v) is 16.6. The Balaban J connectivity index is 1.70. The van der Waals surface area contributed by atoms with Gasteiger partial charge in [-0.2, -0.15) is 0 Å². The number of amides is 1. The maximum absolute atomic E-state index is 12.8. The molecule has 0 radical (unpaired) electrons. The van der Waals surface area contributed by atoms with E-state index < -0.39 is 0 Å². The molecule has 4 heteroatoms. The van der Waals surface area contributed by atoms with Crippen molar-refractivity contribution in [2.75, 3.05) is 27.2 Å². The number of nitrogens with one attached hydrogen (secondary N) is 1. The first kappa shape index (κ1) is 19.4. The molecule has 3 rings (SSSR count). The van der Waals surface area contributed by atoms with Crippen LogP contribution in [0.5, 0.6) is 5.75 Å². The summed E-state index contributed by atoms with van der Waals surface area (Å²) in [4.78, 5) is 15.1. The third kappa shape index (κ3) is 5.33. The molecule has 1 aliphatic rings. The number of aryl methyl sites for hydroxylation is 1. The Morgan fingerprint density at radius 3 is 2.22 bits per heavy atom. The Morgan fingerprint density at radius 2 is 1.63 bits per heavy atom. The molecular formula is C23H30N2O2. The molecular weight excluding hydrogens is 336 g/mol. The molecule has 0 atom stereocenters. The lowest BCUT2D eigenvalue weighted by molar-refractivity contribution is -0.123. The summed E-state index contributed by atoms with van der Waals surface area (Å²) in [6.07, 6.45) is 3.24. The van der Waals surface area contributed by atoms with Gasteiger partial charge in [0, 0.05) is 18.6 Å². The minimum absolute atomic E-state index is 0.0943. The molecule has 2 aromatic rings. The van der Waals surface area contributed by atoms with Gasteiger partial charge in [0.1, 0.15) is 5.75 Å². The van der Waals surface area contributed by atoms with E-state index >= 15 is 0 Å². The van der Waals surface area contributed by atoms with Crippen molar-refractivity contribution in [3.8, 4) is 5.75 Å². The minimum Gasteiger partial charge on any atom is -0.497 e. The van der Waals surface area contributed by atoms with E-state index in [0.717, 1.165) is 43.7 Å². The molecule has 0 saturated carbocycles. The molecule has 144 valence electrons. The number of piperidine rings is 1. The van der Waals surface area contributed by atoms with Crippen LogP contribution in [0.25, 0.3) is 0 Å². The molecule has 0 aliphatic carbocycles. The van der Waals surface area contributed by atoms with Crippen molar-refractivity contribution < 1.29 is 9.53 Å². The summed E-state index contributed by atoms with van der Waals surface area (Å²) in [6.45, 7) is 4.12. The van der Waals surface area contributed by atoms with E-state index in [1.807, 2.05) is 24.3 Å². The van der Waals surface area contributed by atoms with Gasteiger partial charge >= 0.3 is 0 Å². The monoisotopic (exact) mass is 366 g/mol. The first-order chi connectivity index (χ1) is 13.0. The molecule has 4 nitrogen and oxygen atoms in total. The molecule has 0 bridgehead atoms. The standard InChI is InChI=1S/C23H30N2O2/c1-18-4-6-20(7-5-18)17-23(12-14-25(2)15-13-23)24-22(26)16-19-8-10-21(27-3)11-9-19/h4-11H,12-17H2,1-3H3,(H,24,26). The topological polar surface area (TPSA) is 41.6 Å². The first-order valence-corrected chi connectivity index (χ1v) is 9.66. The van der Waals surface area contributed by atoms with Crippen molar-refractivity contribution in [3.63, 3.8) is 0 Å². The van der Waals surface area contributed by atoms with Gasteiger partial charge in [0.15, 0.2) is 0 Å². The van der Waals surface area contributed by atoms with Crippen LogP contribution in [0.3, 0.4) is 0 Å². The summed E-state index contributed by atoms with van der Waals surface area (Å²) in [5.74, 6) is 0.905. The summed E-state index contributed by atoms with van der Waals surface area (Å²) in [5.41, 5.74) is 3.40. The molecule has 27 heavy (non-hydrogen) atoms. The number of rotatable bonds is 6. The quantitative estimate of drug-likeness (QED) is 0.852. The van der Waals surface area contributed by atoms with E-state index in [1.54, 1.807) is 7.11 Å². The normalized spacial score (nSPS) is 16.7. The van der Waals surface area contributed by atoms with Gasteiger partial charge in [0.05, 0.1) is 13.5 Å². The van der Waals surface area contributed by atoms with Crippen LogP contribution in [0.4, 0.5) is 0 Å². The van der Waals surface area contributed by atoms with E-state index in [0.29, 0.717) is 6.42 Å². The summed E-state index contributed by atoms with van der Waals surface area (Å²) >= 11 is 0. The second kappa shape index (κ2) is 8.57. The van der Waals surface area contributed by atoms with Crippen molar-refractivity contribution in [2.45, 2.75) is 38.1 Å². The molecule has 0 unspecified atom stereocenters.